The van der Waals surface area contributed by atoms with Crippen molar-refractivity contribution in [1.82, 2.24) is 9.55 Å². The standard InChI is InChI=1S/C17H21N3O/c1-21-13-6-4-5-12(11-13)15-9-10-18-17-19-14-7-2-3-8-16(14)20(15)17/h4-6,11,15H,2-3,7-10H2,1H3,(H,18,19). The van der Waals surface area contributed by atoms with Crippen LogP contribution < -0.4 is 10.1 Å². The molecule has 4 nitrogen and oxygen atoms in total. The Morgan fingerprint density at radius 1 is 1.29 bits per heavy atom. The van der Waals surface area contributed by atoms with E-state index in [0.29, 0.717) is 6.04 Å². The maximum atomic E-state index is 5.39. The van der Waals surface area contributed by atoms with E-state index in [1.165, 1.54) is 29.8 Å². The Balaban J connectivity index is 1.80. The summed E-state index contributed by atoms with van der Waals surface area (Å²) in [6.45, 7) is 0.984. The summed E-state index contributed by atoms with van der Waals surface area (Å²) in [4.78, 5) is 4.83. The van der Waals surface area contributed by atoms with Crippen LogP contribution in [0.25, 0.3) is 0 Å². The quantitative estimate of drug-likeness (QED) is 0.920. The van der Waals surface area contributed by atoms with Crippen molar-refractivity contribution in [3.8, 4) is 5.75 Å². The van der Waals surface area contributed by atoms with E-state index in [9.17, 15) is 0 Å². The molecule has 110 valence electrons. The van der Waals surface area contributed by atoms with Crippen molar-refractivity contribution < 1.29 is 4.74 Å². The lowest BCUT2D eigenvalue weighted by atomic mass is 9.98. The first-order chi connectivity index (χ1) is 10.4. The molecule has 4 rings (SSSR count). The molecule has 1 N–H and O–H groups in total. The molecular formula is C17H21N3O. The SMILES string of the molecule is COc1cccc(C2CCNc3nc4c(n32)CCCC4)c1. The summed E-state index contributed by atoms with van der Waals surface area (Å²) in [7, 11) is 1.73. The zero-order valence-corrected chi connectivity index (χ0v) is 12.4. The van der Waals surface area contributed by atoms with Crippen molar-refractivity contribution in [2.75, 3.05) is 19.0 Å². The lowest BCUT2D eigenvalue weighted by molar-refractivity contribution is 0.412. The Hall–Kier alpha value is -1.97. The van der Waals surface area contributed by atoms with Gasteiger partial charge in [-0.3, -0.25) is 0 Å². The minimum atomic E-state index is 0.380. The van der Waals surface area contributed by atoms with Crippen LogP contribution in [-0.2, 0) is 12.8 Å². The van der Waals surface area contributed by atoms with Gasteiger partial charge in [0.15, 0.2) is 0 Å². The first-order valence-electron chi connectivity index (χ1n) is 7.84. The van der Waals surface area contributed by atoms with Crippen LogP contribution in [0.5, 0.6) is 5.75 Å². The molecule has 0 spiro atoms. The summed E-state index contributed by atoms with van der Waals surface area (Å²) in [6, 6.07) is 8.84. The van der Waals surface area contributed by atoms with Gasteiger partial charge in [-0.25, -0.2) is 4.98 Å². The number of hydrogen-bond donors (Lipinski definition) is 1. The smallest absolute Gasteiger partial charge is 0.203 e. The van der Waals surface area contributed by atoms with Gasteiger partial charge in [0.2, 0.25) is 5.95 Å². The number of methoxy groups -OCH3 is 1. The third-order valence-electron chi connectivity index (χ3n) is 4.66. The highest BCUT2D eigenvalue weighted by Gasteiger charge is 2.28. The normalized spacial score (nSPS) is 20.3. The molecular weight excluding hydrogens is 262 g/mol. The third kappa shape index (κ3) is 2.09. The number of benzene rings is 1. The summed E-state index contributed by atoms with van der Waals surface area (Å²) in [5.41, 5.74) is 4.07. The predicted octanol–water partition coefficient (Wildman–Crippen LogP) is 3.18. The van der Waals surface area contributed by atoms with E-state index in [2.05, 4.69) is 28.1 Å². The van der Waals surface area contributed by atoms with Gasteiger partial charge in [0.05, 0.1) is 18.8 Å². The zero-order valence-electron chi connectivity index (χ0n) is 12.4. The first-order valence-corrected chi connectivity index (χ1v) is 7.84. The van der Waals surface area contributed by atoms with Crippen LogP contribution in [0.2, 0.25) is 0 Å². The van der Waals surface area contributed by atoms with Crippen molar-refractivity contribution in [3.05, 3.63) is 41.2 Å². The van der Waals surface area contributed by atoms with Crippen molar-refractivity contribution in [1.29, 1.82) is 0 Å². The average molecular weight is 283 g/mol. The Morgan fingerprint density at radius 2 is 2.19 bits per heavy atom. The van der Waals surface area contributed by atoms with Crippen LogP contribution >= 0.6 is 0 Å². The van der Waals surface area contributed by atoms with Gasteiger partial charge in [-0.1, -0.05) is 12.1 Å². The number of hydrogen-bond acceptors (Lipinski definition) is 3. The van der Waals surface area contributed by atoms with E-state index in [0.717, 1.165) is 37.5 Å². The monoisotopic (exact) mass is 283 g/mol. The lowest BCUT2D eigenvalue weighted by Gasteiger charge is -2.29. The molecule has 0 saturated heterocycles. The van der Waals surface area contributed by atoms with Gasteiger partial charge in [-0.15, -0.1) is 0 Å². The van der Waals surface area contributed by atoms with Crippen LogP contribution in [0.3, 0.4) is 0 Å². The summed E-state index contributed by atoms with van der Waals surface area (Å²) < 4.78 is 7.82. The number of fused-ring (bicyclic) bond motifs is 3. The molecule has 4 heteroatoms. The molecule has 1 aliphatic carbocycles. The summed E-state index contributed by atoms with van der Waals surface area (Å²) in [5.74, 6) is 1.99. The molecule has 1 aliphatic heterocycles. The number of rotatable bonds is 2. The maximum Gasteiger partial charge on any atom is 0.203 e. The fourth-order valence-corrected chi connectivity index (χ4v) is 3.64. The van der Waals surface area contributed by atoms with Crippen molar-refractivity contribution in [3.63, 3.8) is 0 Å². The van der Waals surface area contributed by atoms with Gasteiger partial charge in [0.25, 0.3) is 0 Å². The first kappa shape index (κ1) is 12.7. The number of anilines is 1. The van der Waals surface area contributed by atoms with E-state index < -0.39 is 0 Å². The average Bonchev–Trinajstić information content (AvgIpc) is 2.93. The molecule has 0 saturated carbocycles. The van der Waals surface area contributed by atoms with Crippen molar-refractivity contribution >= 4 is 5.95 Å². The molecule has 1 aromatic carbocycles. The highest BCUT2D eigenvalue weighted by atomic mass is 16.5. The fourth-order valence-electron chi connectivity index (χ4n) is 3.64. The largest absolute Gasteiger partial charge is 0.497 e. The molecule has 1 atom stereocenters. The molecule has 0 amide bonds. The van der Waals surface area contributed by atoms with Crippen LogP contribution in [0.1, 0.15) is 42.3 Å². The second kappa shape index (κ2) is 5.10. The van der Waals surface area contributed by atoms with Gasteiger partial charge in [0, 0.05) is 12.2 Å². The predicted molar refractivity (Wildman–Crippen MR) is 83.1 cm³/mol. The molecule has 1 unspecified atom stereocenters. The topological polar surface area (TPSA) is 39.1 Å². The Bertz CT molecular complexity index is 662. The van der Waals surface area contributed by atoms with Crippen LogP contribution in [0.4, 0.5) is 5.95 Å². The molecule has 2 aliphatic rings. The van der Waals surface area contributed by atoms with Gasteiger partial charge in [-0.05, 0) is 49.8 Å². The molecule has 2 heterocycles. The summed E-state index contributed by atoms with van der Waals surface area (Å²) in [5, 5.41) is 3.47. The zero-order chi connectivity index (χ0) is 14.2. The van der Waals surface area contributed by atoms with E-state index in [-0.39, 0.29) is 0 Å². The summed E-state index contributed by atoms with van der Waals surface area (Å²) >= 11 is 0. The minimum absolute atomic E-state index is 0.380. The van der Waals surface area contributed by atoms with Crippen molar-refractivity contribution in [2.24, 2.45) is 0 Å². The van der Waals surface area contributed by atoms with Gasteiger partial charge >= 0.3 is 0 Å². The number of aromatic nitrogens is 2. The number of ether oxygens (including phenoxy) is 1. The van der Waals surface area contributed by atoms with E-state index in [1.54, 1.807) is 7.11 Å². The Labute approximate surface area is 125 Å². The molecule has 1 aromatic heterocycles. The van der Waals surface area contributed by atoms with Crippen LogP contribution in [0, 0.1) is 0 Å². The second-order valence-corrected chi connectivity index (χ2v) is 5.91. The van der Waals surface area contributed by atoms with Crippen molar-refractivity contribution in [2.45, 2.75) is 38.1 Å². The number of nitrogens with one attached hydrogen (secondary N) is 1. The summed E-state index contributed by atoms with van der Waals surface area (Å²) in [6.07, 6.45) is 5.94. The lowest BCUT2D eigenvalue weighted by Crippen LogP contribution is -2.25. The van der Waals surface area contributed by atoms with Gasteiger partial charge < -0.3 is 14.6 Å². The number of aryl methyl sites for hydroxylation is 1. The van der Waals surface area contributed by atoms with Crippen LogP contribution in [0.15, 0.2) is 24.3 Å². The van der Waals surface area contributed by atoms with Crippen LogP contribution in [-0.4, -0.2) is 23.2 Å². The fraction of sp³-hybridized carbons (Fsp3) is 0.471. The Kier molecular flexibility index (Phi) is 3.09. The molecule has 2 aromatic rings. The van der Waals surface area contributed by atoms with Gasteiger partial charge in [-0.2, -0.15) is 0 Å². The molecule has 0 bridgehead atoms. The highest BCUT2D eigenvalue weighted by Crippen LogP contribution is 2.36. The van der Waals surface area contributed by atoms with E-state index in [1.807, 2.05) is 6.07 Å². The molecule has 0 fully saturated rings. The van der Waals surface area contributed by atoms with Gasteiger partial charge in [0.1, 0.15) is 5.75 Å². The Morgan fingerprint density at radius 3 is 3.10 bits per heavy atom. The minimum Gasteiger partial charge on any atom is -0.497 e. The van der Waals surface area contributed by atoms with E-state index in [4.69, 9.17) is 9.72 Å². The maximum absolute atomic E-state index is 5.39. The number of imidazole rings is 1. The number of nitrogens with zero attached hydrogens (tertiary/aromatic N) is 2. The van der Waals surface area contributed by atoms with E-state index >= 15 is 0 Å². The molecule has 21 heavy (non-hydrogen) atoms. The second-order valence-electron chi connectivity index (χ2n) is 5.91. The molecule has 0 radical (unpaired) electrons. The third-order valence-corrected chi connectivity index (χ3v) is 4.66. The highest BCUT2D eigenvalue weighted by molar-refractivity contribution is 5.42.